The lowest BCUT2D eigenvalue weighted by molar-refractivity contribution is -0.133. The Morgan fingerprint density at radius 1 is 1.46 bits per heavy atom. The van der Waals surface area contributed by atoms with Crippen LogP contribution in [0.2, 0.25) is 0 Å². The highest BCUT2D eigenvalue weighted by molar-refractivity contribution is 8.00. The first-order chi connectivity index (χ1) is 6.22. The summed E-state index contributed by atoms with van der Waals surface area (Å²) in [5.41, 5.74) is 1.85. The number of rotatable bonds is 4. The maximum Gasteiger partial charge on any atom is 0.313 e. The Hall–Kier alpha value is -1.23. The largest absolute Gasteiger partial charge is 0.481 e. The zero-order valence-corrected chi connectivity index (χ0v) is 7.47. The number of hydrogen-bond acceptors (Lipinski definition) is 3. The number of carboxylic acids is 1. The molecule has 3 nitrogen and oxygen atoms in total. The lowest BCUT2D eigenvalue weighted by atomic mass is 10.3. The number of halogens is 1. The first-order valence-corrected chi connectivity index (χ1v) is 4.52. The van der Waals surface area contributed by atoms with Crippen molar-refractivity contribution in [3.05, 3.63) is 24.3 Å². The molecule has 1 aromatic rings. The molecule has 0 amide bonds. The standard InChI is InChI=1S/C8H8FNO2S/c9-10-6-1-3-7(4-2-6)13-5-8(11)12/h1-4,10H,5H2,(H,11,12). The maximum absolute atomic E-state index is 11.8. The van der Waals surface area contributed by atoms with E-state index in [0.29, 0.717) is 5.69 Å². The van der Waals surface area contributed by atoms with Crippen molar-refractivity contribution in [3.8, 4) is 0 Å². The van der Waals surface area contributed by atoms with Crippen LogP contribution >= 0.6 is 11.8 Å². The number of benzene rings is 1. The van der Waals surface area contributed by atoms with E-state index in [2.05, 4.69) is 0 Å². The quantitative estimate of drug-likeness (QED) is 0.579. The average molecular weight is 201 g/mol. The van der Waals surface area contributed by atoms with E-state index >= 15 is 0 Å². The van der Waals surface area contributed by atoms with Gasteiger partial charge >= 0.3 is 5.97 Å². The van der Waals surface area contributed by atoms with Gasteiger partial charge in [0.2, 0.25) is 0 Å². The van der Waals surface area contributed by atoms with Gasteiger partial charge in [0.05, 0.1) is 11.4 Å². The SMILES string of the molecule is O=C(O)CSc1ccc(NF)cc1. The number of thioether (sulfide) groups is 1. The first-order valence-electron chi connectivity index (χ1n) is 3.53. The molecule has 0 radical (unpaired) electrons. The predicted octanol–water partition coefficient (Wildman–Crippen LogP) is 2.16. The number of aliphatic carboxylic acids is 1. The van der Waals surface area contributed by atoms with Crippen molar-refractivity contribution >= 4 is 23.4 Å². The minimum Gasteiger partial charge on any atom is -0.481 e. The van der Waals surface area contributed by atoms with Crippen LogP contribution in [0, 0.1) is 0 Å². The second-order valence-electron chi connectivity index (χ2n) is 2.30. The van der Waals surface area contributed by atoms with Crippen LogP contribution in [0.5, 0.6) is 0 Å². The molecule has 0 atom stereocenters. The second-order valence-corrected chi connectivity index (χ2v) is 3.35. The van der Waals surface area contributed by atoms with Crippen molar-refractivity contribution in [2.75, 3.05) is 11.3 Å². The van der Waals surface area contributed by atoms with Crippen LogP contribution in [-0.4, -0.2) is 16.8 Å². The first kappa shape index (κ1) is 9.85. The summed E-state index contributed by atoms with van der Waals surface area (Å²) in [6.07, 6.45) is 0. The number of carbonyl (C=O) groups is 1. The molecule has 0 aliphatic heterocycles. The highest BCUT2D eigenvalue weighted by Gasteiger charge is 1.99. The summed E-state index contributed by atoms with van der Waals surface area (Å²) in [5, 5.41) is 8.38. The van der Waals surface area contributed by atoms with E-state index in [-0.39, 0.29) is 5.75 Å². The summed E-state index contributed by atoms with van der Waals surface area (Å²) < 4.78 is 11.8. The van der Waals surface area contributed by atoms with Crippen LogP contribution < -0.4 is 5.54 Å². The second kappa shape index (κ2) is 4.71. The number of hydrogen-bond donors (Lipinski definition) is 2. The molecule has 13 heavy (non-hydrogen) atoms. The highest BCUT2D eigenvalue weighted by atomic mass is 32.2. The van der Waals surface area contributed by atoms with Gasteiger partial charge in [-0.1, -0.05) is 0 Å². The molecule has 0 unspecified atom stereocenters. The topological polar surface area (TPSA) is 49.3 Å². The van der Waals surface area contributed by atoms with Crippen molar-refractivity contribution in [2.45, 2.75) is 4.90 Å². The minimum absolute atomic E-state index is 0.0163. The van der Waals surface area contributed by atoms with Crippen LogP contribution in [0.3, 0.4) is 0 Å². The molecule has 0 saturated carbocycles. The third-order valence-electron chi connectivity index (χ3n) is 1.33. The summed E-state index contributed by atoms with van der Waals surface area (Å²) in [7, 11) is 0. The Balaban J connectivity index is 2.54. The number of carboxylic acid groups (broad SMARTS) is 1. The monoisotopic (exact) mass is 201 g/mol. The fourth-order valence-corrected chi connectivity index (χ4v) is 1.38. The zero-order valence-electron chi connectivity index (χ0n) is 6.66. The van der Waals surface area contributed by atoms with E-state index < -0.39 is 5.97 Å². The van der Waals surface area contributed by atoms with Gasteiger partial charge in [0.25, 0.3) is 0 Å². The Labute approximate surface area is 78.9 Å². The third-order valence-corrected chi connectivity index (χ3v) is 2.32. The molecule has 0 aromatic heterocycles. The summed E-state index contributed by atoms with van der Waals surface area (Å²) in [6.45, 7) is 0. The number of anilines is 1. The summed E-state index contributed by atoms with van der Waals surface area (Å²) in [4.78, 5) is 11.0. The van der Waals surface area contributed by atoms with Crippen LogP contribution in [0.4, 0.5) is 10.2 Å². The normalized spacial score (nSPS) is 9.62. The molecule has 0 aliphatic carbocycles. The van der Waals surface area contributed by atoms with Crippen LogP contribution in [0.15, 0.2) is 29.2 Å². The molecule has 0 spiro atoms. The van der Waals surface area contributed by atoms with Crippen molar-refractivity contribution in [1.82, 2.24) is 0 Å². The van der Waals surface area contributed by atoms with Gasteiger partial charge in [0.1, 0.15) is 0 Å². The van der Waals surface area contributed by atoms with E-state index in [0.717, 1.165) is 4.90 Å². The van der Waals surface area contributed by atoms with Gasteiger partial charge in [-0.05, 0) is 24.3 Å². The van der Waals surface area contributed by atoms with E-state index in [1.807, 2.05) is 0 Å². The fraction of sp³-hybridized carbons (Fsp3) is 0.125. The molecule has 0 bridgehead atoms. The Morgan fingerprint density at radius 2 is 2.08 bits per heavy atom. The lowest BCUT2D eigenvalue weighted by Crippen LogP contribution is -1.97. The van der Waals surface area contributed by atoms with Gasteiger partial charge in [0.15, 0.2) is 0 Å². The van der Waals surface area contributed by atoms with Crippen LogP contribution in [0.25, 0.3) is 0 Å². The van der Waals surface area contributed by atoms with Crippen molar-refractivity contribution in [1.29, 1.82) is 0 Å². The van der Waals surface area contributed by atoms with E-state index in [9.17, 15) is 9.28 Å². The number of nitrogens with one attached hydrogen (secondary N) is 1. The summed E-state index contributed by atoms with van der Waals surface area (Å²) >= 11 is 1.20. The van der Waals surface area contributed by atoms with Crippen molar-refractivity contribution in [3.63, 3.8) is 0 Å². The summed E-state index contributed by atoms with van der Waals surface area (Å²) in [6, 6.07) is 6.42. The van der Waals surface area contributed by atoms with E-state index in [1.54, 1.807) is 24.3 Å². The zero-order chi connectivity index (χ0) is 9.68. The lowest BCUT2D eigenvalue weighted by Gasteiger charge is -1.99. The highest BCUT2D eigenvalue weighted by Crippen LogP contribution is 2.19. The minimum atomic E-state index is -0.863. The van der Waals surface area contributed by atoms with Gasteiger partial charge in [-0.2, -0.15) is 0 Å². The molecule has 1 aromatic carbocycles. The Morgan fingerprint density at radius 3 is 2.54 bits per heavy atom. The third kappa shape index (κ3) is 3.33. The van der Waals surface area contributed by atoms with Crippen molar-refractivity contribution < 1.29 is 14.4 Å². The molecule has 0 heterocycles. The van der Waals surface area contributed by atoms with E-state index in [1.165, 1.54) is 17.3 Å². The molecule has 0 saturated heterocycles. The van der Waals surface area contributed by atoms with Crippen LogP contribution in [-0.2, 0) is 4.79 Å². The summed E-state index contributed by atoms with van der Waals surface area (Å²) in [5.74, 6) is -0.847. The average Bonchev–Trinajstić information content (AvgIpc) is 2.15. The van der Waals surface area contributed by atoms with Crippen LogP contribution in [0.1, 0.15) is 0 Å². The van der Waals surface area contributed by atoms with Gasteiger partial charge < -0.3 is 5.11 Å². The molecule has 0 fully saturated rings. The van der Waals surface area contributed by atoms with Crippen molar-refractivity contribution in [2.24, 2.45) is 0 Å². The molecule has 5 heteroatoms. The molecule has 70 valence electrons. The van der Waals surface area contributed by atoms with E-state index in [4.69, 9.17) is 5.11 Å². The van der Waals surface area contributed by atoms with Gasteiger partial charge in [0, 0.05) is 4.90 Å². The van der Waals surface area contributed by atoms with Gasteiger partial charge in [-0.25, -0.2) is 5.54 Å². The molecule has 0 aliphatic rings. The Bertz CT molecular complexity index is 289. The van der Waals surface area contributed by atoms with Gasteiger partial charge in [-0.3, -0.25) is 4.79 Å². The maximum atomic E-state index is 11.8. The van der Waals surface area contributed by atoms with Gasteiger partial charge in [-0.15, -0.1) is 16.2 Å². The smallest absolute Gasteiger partial charge is 0.313 e. The molecular weight excluding hydrogens is 193 g/mol. The molecule has 1 rings (SSSR count). The fourth-order valence-electron chi connectivity index (χ4n) is 0.759. The Kier molecular flexibility index (Phi) is 3.57. The predicted molar refractivity (Wildman–Crippen MR) is 49.5 cm³/mol. The molecular formula is C8H8FNO2S. The molecule has 2 N–H and O–H groups in total.